The number of benzene rings is 2. The largest absolute Gasteiger partial charge is 0.497 e. The van der Waals surface area contributed by atoms with Gasteiger partial charge in [-0.25, -0.2) is 4.79 Å². The second kappa shape index (κ2) is 8.01. The average molecular weight is 329 g/mol. The molecule has 0 aliphatic rings. The van der Waals surface area contributed by atoms with E-state index in [1.54, 1.807) is 62.6 Å². The molecule has 2 rings (SSSR count). The molecule has 0 aromatic heterocycles. The first-order valence-electron chi connectivity index (χ1n) is 7.33. The molecule has 0 fully saturated rings. The molecule has 0 aliphatic carbocycles. The van der Waals surface area contributed by atoms with Gasteiger partial charge in [0.05, 0.1) is 19.8 Å². The number of ether oxygens (including phenoxy) is 3. The first-order chi connectivity index (χ1) is 11.5. The van der Waals surface area contributed by atoms with Crippen LogP contribution in [0.3, 0.4) is 0 Å². The molecule has 2 aromatic rings. The molecule has 1 atom stereocenters. The highest BCUT2D eigenvalue weighted by atomic mass is 16.5. The molecule has 2 aromatic carbocycles. The van der Waals surface area contributed by atoms with Crippen molar-refractivity contribution < 1.29 is 23.8 Å². The number of esters is 1. The number of carbonyl (C=O) groups is 2. The highest BCUT2D eigenvalue weighted by Gasteiger charge is 2.16. The zero-order valence-electron chi connectivity index (χ0n) is 13.7. The molecule has 6 heteroatoms. The van der Waals surface area contributed by atoms with E-state index in [0.29, 0.717) is 22.7 Å². The van der Waals surface area contributed by atoms with Crippen molar-refractivity contribution in [3.05, 3.63) is 54.1 Å². The normalized spacial score (nSPS) is 11.3. The Kier molecular flexibility index (Phi) is 5.78. The van der Waals surface area contributed by atoms with Crippen molar-refractivity contribution in [2.45, 2.75) is 13.0 Å². The van der Waals surface area contributed by atoms with E-state index < -0.39 is 12.1 Å². The first kappa shape index (κ1) is 17.3. The molecular formula is C18H19NO5. The van der Waals surface area contributed by atoms with Crippen molar-refractivity contribution in [3.8, 4) is 11.5 Å². The molecule has 24 heavy (non-hydrogen) atoms. The summed E-state index contributed by atoms with van der Waals surface area (Å²) in [4.78, 5) is 23.7. The SMILES string of the molecule is COC(=O)c1cccc(NC(=O)[C@@H](C)Oc2ccc(OC)cc2)c1. The van der Waals surface area contributed by atoms with Gasteiger partial charge in [-0.2, -0.15) is 0 Å². The summed E-state index contributed by atoms with van der Waals surface area (Å²) in [6.45, 7) is 1.64. The lowest BCUT2D eigenvalue weighted by molar-refractivity contribution is -0.122. The Morgan fingerprint density at radius 1 is 1.00 bits per heavy atom. The molecule has 0 spiro atoms. The summed E-state index contributed by atoms with van der Waals surface area (Å²) >= 11 is 0. The second-order valence-corrected chi connectivity index (χ2v) is 5.00. The van der Waals surface area contributed by atoms with Gasteiger partial charge in [-0.15, -0.1) is 0 Å². The van der Waals surface area contributed by atoms with Crippen LogP contribution in [0.15, 0.2) is 48.5 Å². The number of nitrogens with one attached hydrogen (secondary N) is 1. The maximum Gasteiger partial charge on any atom is 0.337 e. The Morgan fingerprint density at radius 2 is 1.67 bits per heavy atom. The molecule has 0 saturated carbocycles. The Hall–Kier alpha value is -3.02. The second-order valence-electron chi connectivity index (χ2n) is 5.00. The standard InChI is InChI=1S/C18H19NO5/c1-12(24-16-9-7-15(22-2)8-10-16)17(20)19-14-6-4-5-13(11-14)18(21)23-3/h4-12H,1-3H3,(H,19,20)/t12-/m1/s1. The maximum atomic E-state index is 12.2. The lowest BCUT2D eigenvalue weighted by atomic mass is 10.2. The Labute approximate surface area is 140 Å². The lowest BCUT2D eigenvalue weighted by Crippen LogP contribution is -2.30. The lowest BCUT2D eigenvalue weighted by Gasteiger charge is -2.15. The third kappa shape index (κ3) is 4.49. The van der Waals surface area contributed by atoms with Gasteiger partial charge < -0.3 is 19.5 Å². The van der Waals surface area contributed by atoms with Crippen molar-refractivity contribution in [3.63, 3.8) is 0 Å². The van der Waals surface area contributed by atoms with Gasteiger partial charge in [0.25, 0.3) is 5.91 Å². The zero-order valence-corrected chi connectivity index (χ0v) is 13.7. The molecule has 0 bridgehead atoms. The van der Waals surface area contributed by atoms with Crippen molar-refractivity contribution in [1.82, 2.24) is 0 Å². The summed E-state index contributed by atoms with van der Waals surface area (Å²) in [5.74, 6) is 0.474. The first-order valence-corrected chi connectivity index (χ1v) is 7.33. The minimum absolute atomic E-state index is 0.326. The molecule has 126 valence electrons. The van der Waals surface area contributed by atoms with E-state index in [0.717, 1.165) is 0 Å². The van der Waals surface area contributed by atoms with E-state index in [4.69, 9.17) is 9.47 Å². The van der Waals surface area contributed by atoms with Gasteiger partial charge in [0.1, 0.15) is 11.5 Å². The quantitative estimate of drug-likeness (QED) is 0.825. The van der Waals surface area contributed by atoms with Gasteiger partial charge in [-0.05, 0) is 49.4 Å². The summed E-state index contributed by atoms with van der Waals surface area (Å²) in [6.07, 6.45) is -0.708. The summed E-state index contributed by atoms with van der Waals surface area (Å²) in [5, 5.41) is 2.71. The predicted octanol–water partition coefficient (Wildman–Crippen LogP) is 2.89. The van der Waals surface area contributed by atoms with Crippen LogP contribution in [0.5, 0.6) is 11.5 Å². The van der Waals surface area contributed by atoms with Crippen LogP contribution in [0.1, 0.15) is 17.3 Å². The van der Waals surface area contributed by atoms with Crippen LogP contribution in [0.2, 0.25) is 0 Å². The number of rotatable bonds is 6. The Balaban J connectivity index is 1.99. The minimum Gasteiger partial charge on any atom is -0.497 e. The topological polar surface area (TPSA) is 73.9 Å². The molecule has 0 saturated heterocycles. The summed E-state index contributed by atoms with van der Waals surface area (Å²) in [6, 6.07) is 13.4. The number of hydrogen-bond donors (Lipinski definition) is 1. The zero-order chi connectivity index (χ0) is 17.5. The minimum atomic E-state index is -0.708. The molecule has 0 unspecified atom stereocenters. The van der Waals surface area contributed by atoms with Gasteiger partial charge >= 0.3 is 5.97 Å². The number of carbonyl (C=O) groups excluding carboxylic acids is 2. The third-order valence-corrected chi connectivity index (χ3v) is 3.29. The van der Waals surface area contributed by atoms with Crippen LogP contribution >= 0.6 is 0 Å². The predicted molar refractivity (Wildman–Crippen MR) is 89.5 cm³/mol. The number of methoxy groups -OCH3 is 2. The van der Waals surface area contributed by atoms with Crippen molar-refractivity contribution in [2.24, 2.45) is 0 Å². The fraction of sp³-hybridized carbons (Fsp3) is 0.222. The fourth-order valence-electron chi connectivity index (χ4n) is 2.00. The van der Waals surface area contributed by atoms with Crippen LogP contribution < -0.4 is 14.8 Å². The number of anilines is 1. The van der Waals surface area contributed by atoms with Crippen molar-refractivity contribution >= 4 is 17.6 Å². The Morgan fingerprint density at radius 3 is 2.29 bits per heavy atom. The molecule has 0 aliphatic heterocycles. The molecule has 1 amide bonds. The summed E-state index contributed by atoms with van der Waals surface area (Å²) in [5.41, 5.74) is 0.854. The summed E-state index contributed by atoms with van der Waals surface area (Å²) in [7, 11) is 2.88. The van der Waals surface area contributed by atoms with E-state index in [9.17, 15) is 9.59 Å². The molecule has 0 heterocycles. The summed E-state index contributed by atoms with van der Waals surface area (Å²) < 4.78 is 15.3. The van der Waals surface area contributed by atoms with E-state index in [2.05, 4.69) is 10.1 Å². The fourth-order valence-corrected chi connectivity index (χ4v) is 2.00. The molecule has 6 nitrogen and oxygen atoms in total. The number of hydrogen-bond acceptors (Lipinski definition) is 5. The van der Waals surface area contributed by atoms with Crippen LogP contribution in [0, 0.1) is 0 Å². The van der Waals surface area contributed by atoms with Crippen LogP contribution in [0.4, 0.5) is 5.69 Å². The van der Waals surface area contributed by atoms with E-state index in [-0.39, 0.29) is 5.91 Å². The monoisotopic (exact) mass is 329 g/mol. The smallest absolute Gasteiger partial charge is 0.337 e. The van der Waals surface area contributed by atoms with Gasteiger partial charge in [0, 0.05) is 5.69 Å². The molecular weight excluding hydrogens is 310 g/mol. The highest BCUT2D eigenvalue weighted by molar-refractivity contribution is 5.96. The molecule has 1 N–H and O–H groups in total. The average Bonchev–Trinajstić information content (AvgIpc) is 2.61. The molecule has 0 radical (unpaired) electrons. The van der Waals surface area contributed by atoms with Crippen molar-refractivity contribution in [1.29, 1.82) is 0 Å². The Bertz CT molecular complexity index is 712. The van der Waals surface area contributed by atoms with Gasteiger partial charge in [0.2, 0.25) is 0 Å². The van der Waals surface area contributed by atoms with Crippen LogP contribution in [0.25, 0.3) is 0 Å². The van der Waals surface area contributed by atoms with Gasteiger partial charge in [0.15, 0.2) is 6.10 Å². The van der Waals surface area contributed by atoms with Gasteiger partial charge in [-0.3, -0.25) is 4.79 Å². The highest BCUT2D eigenvalue weighted by Crippen LogP contribution is 2.19. The maximum absolute atomic E-state index is 12.2. The van der Waals surface area contributed by atoms with Crippen molar-refractivity contribution in [2.75, 3.05) is 19.5 Å². The van der Waals surface area contributed by atoms with E-state index >= 15 is 0 Å². The van der Waals surface area contributed by atoms with Gasteiger partial charge in [-0.1, -0.05) is 6.07 Å². The van der Waals surface area contributed by atoms with E-state index in [1.165, 1.54) is 7.11 Å². The third-order valence-electron chi connectivity index (χ3n) is 3.29. The van der Waals surface area contributed by atoms with Crippen LogP contribution in [-0.2, 0) is 9.53 Å². The van der Waals surface area contributed by atoms with Crippen LogP contribution in [-0.4, -0.2) is 32.2 Å². The number of amides is 1. The van der Waals surface area contributed by atoms with E-state index in [1.807, 2.05) is 0 Å².